The molecule has 6 heteroatoms. The lowest BCUT2D eigenvalue weighted by Gasteiger charge is -2.16. The fourth-order valence-corrected chi connectivity index (χ4v) is 2.48. The lowest BCUT2D eigenvalue weighted by atomic mass is 10.1. The molecule has 0 amide bonds. The number of rotatable bonds is 7. The number of ether oxygens (including phenoxy) is 1. The van der Waals surface area contributed by atoms with E-state index in [0.29, 0.717) is 36.9 Å². The third kappa shape index (κ3) is 5.74. The minimum atomic E-state index is -0.693. The summed E-state index contributed by atoms with van der Waals surface area (Å²) in [5.74, 6) is 1.08. The molecule has 0 heterocycles. The molecule has 0 saturated heterocycles. The van der Waals surface area contributed by atoms with Gasteiger partial charge in [0.05, 0.1) is 19.8 Å². The predicted octanol–water partition coefficient (Wildman–Crippen LogP) is 2.93. The van der Waals surface area contributed by atoms with Gasteiger partial charge in [-0.15, -0.1) is 0 Å². The third-order valence-electron chi connectivity index (χ3n) is 3.93. The van der Waals surface area contributed by atoms with Crippen LogP contribution in [0.25, 0.3) is 0 Å². The highest BCUT2D eigenvalue weighted by Gasteiger charge is 2.09. The Kier molecular flexibility index (Phi) is 7.41. The van der Waals surface area contributed by atoms with Gasteiger partial charge in [-0.05, 0) is 48.7 Å². The van der Waals surface area contributed by atoms with Crippen LogP contribution in [0, 0.1) is 12.7 Å². The Hall–Kier alpha value is -2.60. The molecule has 0 radical (unpaired) electrons. The molecule has 140 valence electrons. The van der Waals surface area contributed by atoms with E-state index in [1.54, 1.807) is 32.2 Å². The van der Waals surface area contributed by atoms with Crippen LogP contribution in [0.5, 0.6) is 5.75 Å². The Labute approximate surface area is 153 Å². The molecule has 0 fully saturated rings. The maximum absolute atomic E-state index is 13.3. The molecule has 5 nitrogen and oxygen atoms in total. The average molecular weight is 359 g/mol. The first-order valence-corrected chi connectivity index (χ1v) is 8.62. The fourth-order valence-electron chi connectivity index (χ4n) is 2.48. The van der Waals surface area contributed by atoms with Crippen molar-refractivity contribution in [2.45, 2.75) is 26.5 Å². The molecular weight excluding hydrogens is 333 g/mol. The van der Waals surface area contributed by atoms with Gasteiger partial charge in [-0.3, -0.25) is 0 Å². The molecular formula is C20H26FN3O2. The van der Waals surface area contributed by atoms with Gasteiger partial charge < -0.3 is 20.5 Å². The third-order valence-corrected chi connectivity index (χ3v) is 3.93. The Morgan fingerprint density at radius 2 is 2.04 bits per heavy atom. The van der Waals surface area contributed by atoms with Gasteiger partial charge in [0, 0.05) is 13.1 Å². The van der Waals surface area contributed by atoms with E-state index in [1.807, 2.05) is 25.1 Å². The van der Waals surface area contributed by atoms with Crippen molar-refractivity contribution in [1.82, 2.24) is 10.6 Å². The van der Waals surface area contributed by atoms with E-state index in [0.717, 1.165) is 11.1 Å². The van der Waals surface area contributed by atoms with Gasteiger partial charge in [0.25, 0.3) is 0 Å². The van der Waals surface area contributed by atoms with Gasteiger partial charge in [0.2, 0.25) is 0 Å². The number of hydrogen-bond acceptors (Lipinski definition) is 3. The van der Waals surface area contributed by atoms with E-state index in [4.69, 9.17) is 4.74 Å². The summed E-state index contributed by atoms with van der Waals surface area (Å²) < 4.78 is 18.5. The van der Waals surface area contributed by atoms with Crippen molar-refractivity contribution in [3.63, 3.8) is 0 Å². The molecule has 2 rings (SSSR count). The van der Waals surface area contributed by atoms with Crippen LogP contribution in [0.15, 0.2) is 47.5 Å². The van der Waals surface area contributed by atoms with Gasteiger partial charge >= 0.3 is 0 Å². The van der Waals surface area contributed by atoms with E-state index in [2.05, 4.69) is 15.6 Å². The molecule has 0 aliphatic heterocycles. The summed E-state index contributed by atoms with van der Waals surface area (Å²) in [6.45, 7) is 5.13. The zero-order valence-electron chi connectivity index (χ0n) is 15.4. The van der Waals surface area contributed by atoms with Crippen LogP contribution in [0.3, 0.4) is 0 Å². The second-order valence-corrected chi connectivity index (χ2v) is 5.95. The van der Waals surface area contributed by atoms with Gasteiger partial charge in [0.1, 0.15) is 11.6 Å². The van der Waals surface area contributed by atoms with E-state index >= 15 is 0 Å². The maximum atomic E-state index is 13.3. The molecule has 26 heavy (non-hydrogen) atoms. The Morgan fingerprint density at radius 3 is 2.73 bits per heavy atom. The van der Waals surface area contributed by atoms with Gasteiger partial charge in [-0.1, -0.05) is 24.3 Å². The number of aliphatic imine (C=N–C) groups is 1. The highest BCUT2D eigenvalue weighted by atomic mass is 19.1. The van der Waals surface area contributed by atoms with Gasteiger partial charge in [-0.25, -0.2) is 9.38 Å². The second kappa shape index (κ2) is 9.77. The van der Waals surface area contributed by atoms with E-state index in [1.165, 1.54) is 6.07 Å². The predicted molar refractivity (Wildman–Crippen MR) is 102 cm³/mol. The topological polar surface area (TPSA) is 65.9 Å². The number of methoxy groups -OCH3 is 1. The Bertz CT molecular complexity index is 750. The maximum Gasteiger partial charge on any atom is 0.191 e. The number of aliphatic hydroxyl groups excluding tert-OH is 1. The van der Waals surface area contributed by atoms with Crippen molar-refractivity contribution < 1.29 is 14.2 Å². The number of nitrogens with one attached hydrogen (secondary N) is 2. The summed E-state index contributed by atoms with van der Waals surface area (Å²) >= 11 is 0. The zero-order chi connectivity index (χ0) is 18.9. The SMILES string of the molecule is CCNC(=NCc1ccc(F)c(C)c1)NCC(O)c1cccc(OC)c1. The van der Waals surface area contributed by atoms with Crippen LogP contribution in [0.1, 0.15) is 29.7 Å². The number of aliphatic hydroxyl groups is 1. The highest BCUT2D eigenvalue weighted by molar-refractivity contribution is 5.79. The first-order chi connectivity index (χ1) is 12.5. The minimum absolute atomic E-state index is 0.218. The van der Waals surface area contributed by atoms with Crippen molar-refractivity contribution in [3.05, 3.63) is 65.0 Å². The van der Waals surface area contributed by atoms with Gasteiger partial charge in [-0.2, -0.15) is 0 Å². The van der Waals surface area contributed by atoms with Crippen molar-refractivity contribution in [2.24, 2.45) is 4.99 Å². The molecule has 3 N–H and O–H groups in total. The minimum Gasteiger partial charge on any atom is -0.497 e. The largest absolute Gasteiger partial charge is 0.497 e. The normalized spacial score (nSPS) is 12.6. The summed E-state index contributed by atoms with van der Waals surface area (Å²) in [7, 11) is 1.59. The molecule has 0 aromatic heterocycles. The molecule has 0 aliphatic rings. The van der Waals surface area contributed by atoms with Crippen molar-refractivity contribution in [2.75, 3.05) is 20.2 Å². The summed E-state index contributed by atoms with van der Waals surface area (Å²) in [5.41, 5.74) is 2.29. The van der Waals surface area contributed by atoms with Gasteiger partial charge in [0.15, 0.2) is 5.96 Å². The number of benzene rings is 2. The van der Waals surface area contributed by atoms with Crippen LogP contribution in [-0.4, -0.2) is 31.3 Å². The Morgan fingerprint density at radius 1 is 1.23 bits per heavy atom. The lowest BCUT2D eigenvalue weighted by molar-refractivity contribution is 0.180. The summed E-state index contributed by atoms with van der Waals surface area (Å²) in [6, 6.07) is 12.3. The Balaban J connectivity index is 1.98. The van der Waals surface area contributed by atoms with Crippen LogP contribution in [-0.2, 0) is 6.54 Å². The highest BCUT2D eigenvalue weighted by Crippen LogP contribution is 2.18. The molecule has 0 bridgehead atoms. The van der Waals surface area contributed by atoms with Crippen LogP contribution >= 0.6 is 0 Å². The van der Waals surface area contributed by atoms with Crippen LogP contribution < -0.4 is 15.4 Å². The molecule has 2 aromatic carbocycles. The molecule has 2 aromatic rings. The molecule has 0 aliphatic carbocycles. The van der Waals surface area contributed by atoms with Crippen molar-refractivity contribution >= 4 is 5.96 Å². The quantitative estimate of drug-likeness (QED) is 0.525. The van der Waals surface area contributed by atoms with E-state index in [9.17, 15) is 9.50 Å². The number of halogens is 1. The molecule has 0 saturated carbocycles. The standard InChI is InChI=1S/C20H26FN3O2/c1-4-22-20(23-12-15-8-9-18(21)14(2)10-15)24-13-19(25)16-6-5-7-17(11-16)26-3/h5-11,19,25H,4,12-13H2,1-3H3,(H2,22,23,24). The average Bonchev–Trinajstić information content (AvgIpc) is 2.66. The summed E-state index contributed by atoms with van der Waals surface area (Å²) in [5, 5.41) is 16.6. The lowest BCUT2D eigenvalue weighted by Crippen LogP contribution is -2.39. The molecule has 1 unspecified atom stereocenters. The monoisotopic (exact) mass is 359 g/mol. The molecule has 1 atom stereocenters. The first kappa shape index (κ1) is 19.7. The summed E-state index contributed by atoms with van der Waals surface area (Å²) in [4.78, 5) is 4.49. The zero-order valence-corrected chi connectivity index (χ0v) is 15.4. The number of aryl methyl sites for hydroxylation is 1. The number of nitrogens with zero attached hydrogens (tertiary/aromatic N) is 1. The van der Waals surface area contributed by atoms with E-state index in [-0.39, 0.29) is 5.82 Å². The second-order valence-electron chi connectivity index (χ2n) is 5.95. The van der Waals surface area contributed by atoms with Crippen molar-refractivity contribution in [1.29, 1.82) is 0 Å². The van der Waals surface area contributed by atoms with Crippen LogP contribution in [0.4, 0.5) is 4.39 Å². The number of guanidine groups is 1. The van der Waals surface area contributed by atoms with Crippen molar-refractivity contribution in [3.8, 4) is 5.75 Å². The molecule has 0 spiro atoms. The first-order valence-electron chi connectivity index (χ1n) is 8.62. The number of hydrogen-bond donors (Lipinski definition) is 3. The van der Waals surface area contributed by atoms with Crippen LogP contribution in [0.2, 0.25) is 0 Å². The summed E-state index contributed by atoms with van der Waals surface area (Å²) in [6.07, 6.45) is -0.693. The fraction of sp³-hybridized carbons (Fsp3) is 0.350. The van der Waals surface area contributed by atoms with E-state index < -0.39 is 6.10 Å². The smallest absolute Gasteiger partial charge is 0.191 e.